The number of rotatable bonds is 3. The molecule has 0 N–H and O–H groups in total. The number of benzene rings is 1. The van der Waals surface area contributed by atoms with Crippen LogP contribution in [0.4, 0.5) is 0 Å². The fraction of sp³-hybridized carbons (Fsp3) is 0.231. The molecule has 0 bridgehead atoms. The predicted molar refractivity (Wildman–Crippen MR) is 75.3 cm³/mol. The normalized spacial score (nSPS) is 11.7. The lowest BCUT2D eigenvalue weighted by molar-refractivity contribution is 0.517. The number of fused-ring (bicyclic) bond motifs is 1. The van der Waals surface area contributed by atoms with Gasteiger partial charge in [-0.05, 0) is 25.7 Å². The molecule has 2 rings (SSSR count). The van der Waals surface area contributed by atoms with E-state index in [0.717, 1.165) is 11.3 Å². The second kappa shape index (κ2) is 4.07. The molecule has 0 unspecified atom stereocenters. The molecule has 0 saturated carbocycles. The van der Waals surface area contributed by atoms with E-state index in [1.54, 1.807) is 11.3 Å². The summed E-state index contributed by atoms with van der Waals surface area (Å²) in [7, 11) is -1.56. The van der Waals surface area contributed by atoms with Gasteiger partial charge in [0.15, 0.2) is 0 Å². The molecule has 1 aromatic carbocycles. The molecular weight excluding hydrogens is 232 g/mol. The number of hydrogen-bond acceptors (Lipinski definition) is 2. The molecule has 3 heteroatoms. The molecule has 0 fully saturated rings. The van der Waals surface area contributed by atoms with Gasteiger partial charge in [-0.25, -0.2) is 0 Å². The van der Waals surface area contributed by atoms with Gasteiger partial charge >= 0.3 is 0 Å². The van der Waals surface area contributed by atoms with E-state index in [9.17, 15) is 0 Å². The van der Waals surface area contributed by atoms with Gasteiger partial charge in [-0.1, -0.05) is 24.8 Å². The predicted octanol–water partition coefficient (Wildman–Crippen LogP) is 4.72. The summed E-state index contributed by atoms with van der Waals surface area (Å²) >= 11 is 1.74. The van der Waals surface area contributed by atoms with E-state index in [4.69, 9.17) is 4.43 Å². The van der Waals surface area contributed by atoms with Gasteiger partial charge in [0, 0.05) is 21.0 Å². The molecule has 1 aromatic heterocycles. The lowest BCUT2D eigenvalue weighted by atomic mass is 10.1. The summed E-state index contributed by atoms with van der Waals surface area (Å²) in [5.74, 6) is 0.816. The van der Waals surface area contributed by atoms with Crippen molar-refractivity contribution in [3.05, 3.63) is 41.8 Å². The van der Waals surface area contributed by atoms with Crippen LogP contribution in [0.2, 0.25) is 19.6 Å². The van der Waals surface area contributed by atoms with Crippen LogP contribution in [0.15, 0.2) is 36.2 Å². The Bertz CT molecular complexity index is 522. The van der Waals surface area contributed by atoms with Crippen LogP contribution in [0.1, 0.15) is 5.56 Å². The molecule has 0 amide bonds. The fourth-order valence-electron chi connectivity index (χ4n) is 1.62. The van der Waals surface area contributed by atoms with Gasteiger partial charge in [-0.15, -0.1) is 11.3 Å². The minimum Gasteiger partial charge on any atom is -0.544 e. The van der Waals surface area contributed by atoms with Crippen LogP contribution in [-0.2, 0) is 4.43 Å². The third-order valence-electron chi connectivity index (χ3n) is 2.21. The van der Waals surface area contributed by atoms with E-state index < -0.39 is 8.32 Å². The maximum absolute atomic E-state index is 5.94. The van der Waals surface area contributed by atoms with Gasteiger partial charge < -0.3 is 4.43 Å². The van der Waals surface area contributed by atoms with Gasteiger partial charge in [0.25, 0.3) is 0 Å². The third-order valence-corrected chi connectivity index (χ3v) is 4.03. The maximum Gasteiger partial charge on any atom is 0.242 e. The number of hydrogen-bond donors (Lipinski definition) is 0. The summed E-state index contributed by atoms with van der Waals surface area (Å²) in [6, 6.07) is 8.37. The summed E-state index contributed by atoms with van der Waals surface area (Å²) in [6.07, 6.45) is 0. The molecule has 1 nitrogen and oxygen atoms in total. The highest BCUT2D eigenvalue weighted by molar-refractivity contribution is 7.17. The topological polar surface area (TPSA) is 9.23 Å². The Labute approximate surface area is 102 Å². The van der Waals surface area contributed by atoms with E-state index in [-0.39, 0.29) is 0 Å². The quantitative estimate of drug-likeness (QED) is 0.564. The van der Waals surface area contributed by atoms with Gasteiger partial charge in [-0.3, -0.25) is 0 Å². The standard InChI is InChI=1S/C13H16OSSi/c1-10(14-16(2,3)4)12-9-15-13-8-6-5-7-11(12)13/h5-9H,1H2,2-4H3. The molecule has 0 spiro atoms. The molecule has 0 atom stereocenters. The average molecular weight is 248 g/mol. The Morgan fingerprint density at radius 1 is 1.25 bits per heavy atom. The van der Waals surface area contributed by atoms with Crippen LogP contribution in [0.5, 0.6) is 0 Å². The average Bonchev–Trinajstić information content (AvgIpc) is 2.58. The van der Waals surface area contributed by atoms with Crippen LogP contribution in [-0.4, -0.2) is 8.32 Å². The van der Waals surface area contributed by atoms with Crippen LogP contribution in [0, 0.1) is 0 Å². The first kappa shape index (κ1) is 11.4. The van der Waals surface area contributed by atoms with Gasteiger partial charge in [0.05, 0.1) is 0 Å². The Morgan fingerprint density at radius 2 is 1.94 bits per heavy atom. The van der Waals surface area contributed by atoms with E-state index in [0.29, 0.717) is 0 Å². The first-order valence-corrected chi connectivity index (χ1v) is 9.61. The molecule has 0 aliphatic rings. The molecule has 84 valence electrons. The van der Waals surface area contributed by atoms with Gasteiger partial charge in [0.1, 0.15) is 5.76 Å². The Kier molecular flexibility index (Phi) is 2.91. The molecule has 1 heterocycles. The highest BCUT2D eigenvalue weighted by Gasteiger charge is 2.18. The largest absolute Gasteiger partial charge is 0.544 e. The summed E-state index contributed by atoms with van der Waals surface area (Å²) in [5.41, 5.74) is 1.14. The zero-order valence-electron chi connectivity index (χ0n) is 9.91. The van der Waals surface area contributed by atoms with Crippen LogP contribution in [0.3, 0.4) is 0 Å². The second-order valence-corrected chi connectivity index (χ2v) is 10.1. The molecule has 0 aliphatic carbocycles. The third kappa shape index (κ3) is 2.36. The first-order valence-electron chi connectivity index (χ1n) is 5.32. The molecule has 16 heavy (non-hydrogen) atoms. The zero-order chi connectivity index (χ0) is 11.8. The Hall–Kier alpha value is -1.06. The van der Waals surface area contributed by atoms with Crippen molar-refractivity contribution in [1.29, 1.82) is 0 Å². The molecule has 0 aliphatic heterocycles. The molecule has 0 radical (unpaired) electrons. The molecule has 0 saturated heterocycles. The van der Waals surface area contributed by atoms with E-state index in [2.05, 4.69) is 55.9 Å². The minimum atomic E-state index is -1.56. The minimum absolute atomic E-state index is 0.816. The second-order valence-electron chi connectivity index (χ2n) is 4.78. The molecular formula is C13H16OSSi. The van der Waals surface area contributed by atoms with Gasteiger partial charge in [-0.2, -0.15) is 0 Å². The van der Waals surface area contributed by atoms with Crippen molar-refractivity contribution in [1.82, 2.24) is 0 Å². The zero-order valence-corrected chi connectivity index (χ0v) is 11.7. The van der Waals surface area contributed by atoms with Crippen LogP contribution >= 0.6 is 11.3 Å². The van der Waals surface area contributed by atoms with Crippen molar-refractivity contribution in [2.24, 2.45) is 0 Å². The van der Waals surface area contributed by atoms with Crippen LogP contribution in [0.25, 0.3) is 15.8 Å². The van der Waals surface area contributed by atoms with Crippen molar-refractivity contribution in [2.75, 3.05) is 0 Å². The smallest absolute Gasteiger partial charge is 0.242 e. The van der Waals surface area contributed by atoms with E-state index >= 15 is 0 Å². The highest BCUT2D eigenvalue weighted by Crippen LogP contribution is 2.31. The Balaban J connectivity index is 2.37. The lowest BCUT2D eigenvalue weighted by Gasteiger charge is -2.20. The SMILES string of the molecule is C=C(O[Si](C)(C)C)c1csc2ccccc12. The summed E-state index contributed by atoms with van der Waals surface area (Å²) in [6.45, 7) is 10.6. The fourth-order valence-corrected chi connectivity index (χ4v) is 3.43. The van der Waals surface area contributed by atoms with Crippen molar-refractivity contribution < 1.29 is 4.43 Å². The van der Waals surface area contributed by atoms with Crippen molar-refractivity contribution in [3.8, 4) is 0 Å². The Morgan fingerprint density at radius 3 is 2.62 bits per heavy atom. The maximum atomic E-state index is 5.94. The van der Waals surface area contributed by atoms with Gasteiger partial charge in [0.2, 0.25) is 8.32 Å². The summed E-state index contributed by atoms with van der Waals surface area (Å²) in [4.78, 5) is 0. The van der Waals surface area contributed by atoms with Crippen molar-refractivity contribution >= 4 is 35.5 Å². The lowest BCUT2D eigenvalue weighted by Crippen LogP contribution is -2.23. The van der Waals surface area contributed by atoms with Crippen LogP contribution < -0.4 is 0 Å². The molecule has 2 aromatic rings. The van der Waals surface area contributed by atoms with E-state index in [1.165, 1.54) is 10.1 Å². The first-order chi connectivity index (χ1) is 7.47. The number of thiophene rings is 1. The van der Waals surface area contributed by atoms with Crippen molar-refractivity contribution in [2.45, 2.75) is 19.6 Å². The summed E-state index contributed by atoms with van der Waals surface area (Å²) in [5, 5.41) is 3.38. The highest BCUT2D eigenvalue weighted by atomic mass is 32.1. The van der Waals surface area contributed by atoms with Crippen molar-refractivity contribution in [3.63, 3.8) is 0 Å². The monoisotopic (exact) mass is 248 g/mol. The van der Waals surface area contributed by atoms with E-state index in [1.807, 2.05) is 0 Å². The summed E-state index contributed by atoms with van der Waals surface area (Å²) < 4.78 is 7.23.